The molecule has 1 aliphatic heterocycles. The third-order valence-corrected chi connectivity index (χ3v) is 6.54. The van der Waals surface area contributed by atoms with Gasteiger partial charge >= 0.3 is 0 Å². The third kappa shape index (κ3) is 5.69. The van der Waals surface area contributed by atoms with Gasteiger partial charge in [0.25, 0.3) is 0 Å². The molecule has 0 saturated carbocycles. The first-order chi connectivity index (χ1) is 16.5. The molecule has 182 valence electrons. The highest BCUT2D eigenvalue weighted by atomic mass is 16.5. The fourth-order valence-corrected chi connectivity index (χ4v) is 4.51. The molecule has 3 aliphatic rings. The minimum atomic E-state index is -0.641. The molecule has 0 spiro atoms. The van der Waals surface area contributed by atoms with E-state index in [4.69, 9.17) is 14.5 Å². The van der Waals surface area contributed by atoms with E-state index in [0.29, 0.717) is 19.0 Å². The van der Waals surface area contributed by atoms with Crippen LogP contribution >= 0.6 is 0 Å². The smallest absolute Gasteiger partial charge is 0.235 e. The lowest BCUT2D eigenvalue weighted by Gasteiger charge is -2.34. The molecule has 1 N–H and O–H groups in total. The van der Waals surface area contributed by atoms with Crippen LogP contribution in [-0.2, 0) is 14.3 Å². The second-order valence-corrected chi connectivity index (χ2v) is 9.47. The normalized spacial score (nSPS) is 20.7. The molecule has 1 aromatic rings. The number of amides is 1. The Labute approximate surface area is 202 Å². The molecule has 1 aromatic heterocycles. The quantitative estimate of drug-likeness (QED) is 0.562. The second-order valence-electron chi connectivity index (χ2n) is 9.47. The van der Waals surface area contributed by atoms with Crippen molar-refractivity contribution >= 4 is 17.5 Å². The summed E-state index contributed by atoms with van der Waals surface area (Å²) in [5.74, 6) is 2.92. The first-order valence-corrected chi connectivity index (χ1v) is 12.4. The van der Waals surface area contributed by atoms with Gasteiger partial charge in [0, 0.05) is 13.0 Å². The summed E-state index contributed by atoms with van der Waals surface area (Å²) in [5.41, 5.74) is 0.395. The van der Waals surface area contributed by atoms with E-state index in [2.05, 4.69) is 33.4 Å². The molecular weight excluding hydrogens is 428 g/mol. The number of nitrogens with one attached hydrogen (secondary N) is 1. The van der Waals surface area contributed by atoms with Crippen LogP contribution in [0.5, 0.6) is 0 Å². The summed E-state index contributed by atoms with van der Waals surface area (Å²) in [6, 6.07) is 0. The molecule has 4 rings (SSSR count). The SMILES string of the molecule is CCOC1=C(OC2CCCN(c3cncc(NC(=O)C(C)(C)C4=CCCC=C4)n3)C2)C=CCC1. The van der Waals surface area contributed by atoms with E-state index in [1.54, 1.807) is 12.4 Å². The van der Waals surface area contributed by atoms with E-state index >= 15 is 0 Å². The summed E-state index contributed by atoms with van der Waals surface area (Å²) in [5, 5.41) is 2.98. The lowest BCUT2D eigenvalue weighted by Crippen LogP contribution is -2.40. The monoisotopic (exact) mass is 464 g/mol. The highest BCUT2D eigenvalue weighted by Crippen LogP contribution is 2.32. The molecule has 0 bridgehead atoms. The fourth-order valence-electron chi connectivity index (χ4n) is 4.51. The molecule has 0 aromatic carbocycles. The number of ether oxygens (including phenoxy) is 2. The van der Waals surface area contributed by atoms with E-state index in [1.807, 2.05) is 32.9 Å². The van der Waals surface area contributed by atoms with Gasteiger partial charge in [-0.1, -0.05) is 24.3 Å². The van der Waals surface area contributed by atoms with Crippen molar-refractivity contribution in [3.63, 3.8) is 0 Å². The van der Waals surface area contributed by atoms with Crippen molar-refractivity contribution in [1.82, 2.24) is 9.97 Å². The Morgan fingerprint density at radius 1 is 1.21 bits per heavy atom. The largest absolute Gasteiger partial charge is 0.494 e. The molecule has 1 amide bonds. The van der Waals surface area contributed by atoms with Gasteiger partial charge in [-0.05, 0) is 64.5 Å². The van der Waals surface area contributed by atoms with Gasteiger partial charge in [-0.15, -0.1) is 0 Å². The van der Waals surface area contributed by atoms with E-state index in [0.717, 1.165) is 68.0 Å². The van der Waals surface area contributed by atoms with Gasteiger partial charge in [-0.25, -0.2) is 4.98 Å². The maximum Gasteiger partial charge on any atom is 0.235 e. The highest BCUT2D eigenvalue weighted by Gasteiger charge is 2.32. The second kappa shape index (κ2) is 10.9. The van der Waals surface area contributed by atoms with Crippen LogP contribution in [0.25, 0.3) is 0 Å². The number of aromatic nitrogens is 2. The number of carbonyl (C=O) groups excluding carboxylic acids is 1. The van der Waals surface area contributed by atoms with Crippen LogP contribution in [0.2, 0.25) is 0 Å². The first-order valence-electron chi connectivity index (χ1n) is 12.4. The van der Waals surface area contributed by atoms with Gasteiger partial charge in [0.1, 0.15) is 17.7 Å². The van der Waals surface area contributed by atoms with Gasteiger partial charge in [-0.3, -0.25) is 9.78 Å². The van der Waals surface area contributed by atoms with E-state index in [9.17, 15) is 4.79 Å². The van der Waals surface area contributed by atoms with E-state index in [-0.39, 0.29) is 12.0 Å². The molecule has 0 radical (unpaired) electrons. The molecule has 1 atom stereocenters. The number of rotatable bonds is 8. The Morgan fingerprint density at radius 3 is 2.85 bits per heavy atom. The molecule has 2 aliphatic carbocycles. The van der Waals surface area contributed by atoms with Crippen molar-refractivity contribution in [3.8, 4) is 0 Å². The Morgan fingerprint density at radius 2 is 2.06 bits per heavy atom. The molecule has 2 heterocycles. The van der Waals surface area contributed by atoms with E-state index < -0.39 is 5.41 Å². The standard InChI is InChI=1S/C27H36N4O3/c1-4-33-22-14-8-9-15-23(22)34-21-13-10-16-31(19-21)25-18-28-17-24(29-25)30-26(32)27(2,3)20-11-6-5-7-12-20/h6,9,11-12,15,17-18,21H,4-5,7-8,10,13-14,16,19H2,1-3H3,(H,29,30,32). The number of hydrogen-bond acceptors (Lipinski definition) is 6. The summed E-state index contributed by atoms with van der Waals surface area (Å²) >= 11 is 0. The number of allylic oxidation sites excluding steroid dienone is 6. The maximum absolute atomic E-state index is 13.1. The van der Waals surface area contributed by atoms with Crippen LogP contribution in [-0.4, -0.2) is 41.7 Å². The van der Waals surface area contributed by atoms with Gasteiger partial charge < -0.3 is 19.7 Å². The molecule has 34 heavy (non-hydrogen) atoms. The van der Waals surface area contributed by atoms with Crippen LogP contribution in [0.3, 0.4) is 0 Å². The molecule has 1 unspecified atom stereocenters. The minimum absolute atomic E-state index is 0.0472. The molecule has 1 fully saturated rings. The van der Waals surface area contributed by atoms with Crippen molar-refractivity contribution in [3.05, 3.63) is 59.9 Å². The van der Waals surface area contributed by atoms with Crippen molar-refractivity contribution < 1.29 is 14.3 Å². The van der Waals surface area contributed by atoms with Crippen molar-refractivity contribution in [2.24, 2.45) is 5.41 Å². The maximum atomic E-state index is 13.1. The van der Waals surface area contributed by atoms with Crippen molar-refractivity contribution in [1.29, 1.82) is 0 Å². The van der Waals surface area contributed by atoms with Crippen LogP contribution in [0, 0.1) is 5.41 Å². The molecular formula is C27H36N4O3. The Hall–Kier alpha value is -3.09. The number of anilines is 2. The zero-order valence-electron chi connectivity index (χ0n) is 20.5. The lowest BCUT2D eigenvalue weighted by atomic mass is 9.80. The van der Waals surface area contributed by atoms with Gasteiger partial charge in [0.05, 0.1) is 31.0 Å². The average molecular weight is 465 g/mol. The van der Waals surface area contributed by atoms with Gasteiger partial charge in [0.15, 0.2) is 11.6 Å². The summed E-state index contributed by atoms with van der Waals surface area (Å²) < 4.78 is 12.1. The van der Waals surface area contributed by atoms with Crippen LogP contribution in [0.15, 0.2) is 59.9 Å². The van der Waals surface area contributed by atoms with Crippen LogP contribution in [0.1, 0.15) is 59.3 Å². The lowest BCUT2D eigenvalue weighted by molar-refractivity contribution is -0.122. The van der Waals surface area contributed by atoms with Crippen molar-refractivity contribution in [2.45, 2.75) is 65.4 Å². The summed E-state index contributed by atoms with van der Waals surface area (Å²) in [6.45, 7) is 8.12. The zero-order chi connectivity index (χ0) is 24.0. The number of carbonyl (C=O) groups is 1. The van der Waals surface area contributed by atoms with Gasteiger partial charge in [-0.2, -0.15) is 0 Å². The summed E-state index contributed by atoms with van der Waals surface area (Å²) in [4.78, 5) is 24.3. The third-order valence-electron chi connectivity index (χ3n) is 6.54. The predicted molar refractivity (Wildman–Crippen MR) is 134 cm³/mol. The molecule has 1 saturated heterocycles. The number of nitrogens with zero attached hydrogens (tertiary/aromatic N) is 3. The van der Waals surface area contributed by atoms with Crippen LogP contribution in [0.4, 0.5) is 11.6 Å². The van der Waals surface area contributed by atoms with Crippen molar-refractivity contribution in [2.75, 3.05) is 29.9 Å². The first kappa shape index (κ1) is 24.0. The minimum Gasteiger partial charge on any atom is -0.494 e. The fraction of sp³-hybridized carbons (Fsp3) is 0.519. The summed E-state index contributed by atoms with van der Waals surface area (Å²) in [7, 11) is 0. The van der Waals surface area contributed by atoms with Crippen LogP contribution < -0.4 is 10.2 Å². The Balaban J connectivity index is 1.42. The Bertz CT molecular complexity index is 1010. The molecule has 7 heteroatoms. The highest BCUT2D eigenvalue weighted by molar-refractivity contribution is 5.96. The average Bonchev–Trinajstić information content (AvgIpc) is 2.86. The Kier molecular flexibility index (Phi) is 7.70. The zero-order valence-corrected chi connectivity index (χ0v) is 20.5. The predicted octanol–water partition coefficient (Wildman–Crippen LogP) is 5.30. The number of hydrogen-bond donors (Lipinski definition) is 1. The molecule has 7 nitrogen and oxygen atoms in total. The topological polar surface area (TPSA) is 76.6 Å². The number of piperidine rings is 1. The summed E-state index contributed by atoms with van der Waals surface area (Å²) in [6.07, 6.45) is 19.7. The van der Waals surface area contributed by atoms with Gasteiger partial charge in [0.2, 0.25) is 5.91 Å². The van der Waals surface area contributed by atoms with E-state index in [1.165, 1.54) is 0 Å².